The predicted octanol–water partition coefficient (Wildman–Crippen LogP) is 1.73. The molecule has 5 nitrogen and oxygen atoms in total. The first-order valence-corrected chi connectivity index (χ1v) is 6.28. The first-order chi connectivity index (χ1) is 9.11. The van der Waals surface area contributed by atoms with Crippen LogP contribution in [0.2, 0.25) is 5.02 Å². The Morgan fingerprint density at radius 1 is 1.42 bits per heavy atom. The van der Waals surface area contributed by atoms with Crippen LogP contribution in [0.5, 0.6) is 0 Å². The number of rotatable bonds is 5. The lowest BCUT2D eigenvalue weighted by atomic mass is 10.2. The number of ether oxygens (including phenoxy) is 1. The molecule has 0 aliphatic heterocycles. The maximum absolute atomic E-state index is 9.77. The normalized spacial score (nSPS) is 12.6. The lowest BCUT2D eigenvalue weighted by Crippen LogP contribution is -2.32. The maximum atomic E-state index is 9.77. The first-order valence-electron chi connectivity index (χ1n) is 5.90. The molecule has 6 heteroatoms. The fourth-order valence-corrected chi connectivity index (χ4v) is 2.13. The van der Waals surface area contributed by atoms with Crippen LogP contribution in [0.3, 0.4) is 0 Å². The van der Waals surface area contributed by atoms with Gasteiger partial charge in [0.2, 0.25) is 0 Å². The summed E-state index contributed by atoms with van der Waals surface area (Å²) in [4.78, 5) is 10.3. The van der Waals surface area contributed by atoms with Gasteiger partial charge >= 0.3 is 0 Å². The monoisotopic (exact) mass is 281 g/mol. The van der Waals surface area contributed by atoms with Gasteiger partial charge in [-0.3, -0.25) is 0 Å². The molecule has 0 fully saturated rings. The summed E-state index contributed by atoms with van der Waals surface area (Å²) in [6.45, 7) is 0.724. The third kappa shape index (κ3) is 3.32. The Morgan fingerprint density at radius 2 is 2.21 bits per heavy atom. The SMILES string of the molecule is COCC(O)CN(C)c1ncnc2cc(Cl)ccc12. The smallest absolute Gasteiger partial charge is 0.139 e. The zero-order valence-corrected chi connectivity index (χ0v) is 11.6. The fourth-order valence-electron chi connectivity index (χ4n) is 1.97. The van der Waals surface area contributed by atoms with Gasteiger partial charge in [0.05, 0.1) is 18.2 Å². The average Bonchev–Trinajstić information content (AvgIpc) is 2.37. The molecule has 1 aromatic heterocycles. The molecule has 0 spiro atoms. The van der Waals surface area contributed by atoms with Crippen molar-refractivity contribution in [1.82, 2.24) is 9.97 Å². The lowest BCUT2D eigenvalue weighted by molar-refractivity contribution is 0.0694. The summed E-state index contributed by atoms with van der Waals surface area (Å²) in [7, 11) is 3.43. The molecule has 0 aliphatic carbocycles. The Morgan fingerprint density at radius 3 is 2.95 bits per heavy atom. The van der Waals surface area contributed by atoms with Crippen LogP contribution < -0.4 is 4.90 Å². The van der Waals surface area contributed by atoms with Crippen LogP contribution in [0, 0.1) is 0 Å². The highest BCUT2D eigenvalue weighted by Gasteiger charge is 2.12. The van der Waals surface area contributed by atoms with E-state index in [2.05, 4.69) is 9.97 Å². The minimum absolute atomic E-state index is 0.291. The third-order valence-corrected chi connectivity index (χ3v) is 3.02. The van der Waals surface area contributed by atoms with Gasteiger partial charge in [0.1, 0.15) is 12.1 Å². The largest absolute Gasteiger partial charge is 0.389 e. The number of hydrogen-bond donors (Lipinski definition) is 1. The summed E-state index contributed by atoms with van der Waals surface area (Å²) in [5.74, 6) is 0.761. The number of fused-ring (bicyclic) bond motifs is 1. The van der Waals surface area contributed by atoms with Crippen LogP contribution in [0.15, 0.2) is 24.5 Å². The highest BCUT2D eigenvalue weighted by molar-refractivity contribution is 6.31. The van der Waals surface area contributed by atoms with Gasteiger partial charge in [-0.1, -0.05) is 11.6 Å². The molecule has 0 aliphatic rings. The number of halogens is 1. The molecule has 1 aromatic carbocycles. The maximum Gasteiger partial charge on any atom is 0.139 e. The molecule has 102 valence electrons. The number of nitrogens with zero attached hydrogens (tertiary/aromatic N) is 3. The Bertz CT molecular complexity index is 565. The van der Waals surface area contributed by atoms with E-state index in [9.17, 15) is 5.11 Å². The predicted molar refractivity (Wildman–Crippen MR) is 75.7 cm³/mol. The minimum Gasteiger partial charge on any atom is -0.389 e. The Hall–Kier alpha value is -1.43. The molecule has 2 rings (SSSR count). The van der Waals surface area contributed by atoms with E-state index in [4.69, 9.17) is 16.3 Å². The second-order valence-corrected chi connectivity index (χ2v) is 4.78. The molecule has 0 bridgehead atoms. The van der Waals surface area contributed by atoms with Crippen LogP contribution in [-0.2, 0) is 4.74 Å². The third-order valence-electron chi connectivity index (χ3n) is 2.78. The van der Waals surface area contributed by atoms with Gasteiger partial charge in [0, 0.05) is 31.1 Å². The number of benzene rings is 1. The van der Waals surface area contributed by atoms with Crippen molar-refractivity contribution in [2.45, 2.75) is 6.10 Å². The number of hydrogen-bond acceptors (Lipinski definition) is 5. The molecule has 0 amide bonds. The van der Waals surface area contributed by atoms with Crippen LogP contribution in [0.1, 0.15) is 0 Å². The van der Waals surface area contributed by atoms with Crippen molar-refractivity contribution >= 4 is 28.3 Å². The van der Waals surface area contributed by atoms with Gasteiger partial charge in [0.25, 0.3) is 0 Å². The zero-order valence-electron chi connectivity index (χ0n) is 10.9. The molecular formula is C13H16ClN3O2. The fraction of sp³-hybridized carbons (Fsp3) is 0.385. The van der Waals surface area contributed by atoms with E-state index < -0.39 is 6.10 Å². The molecule has 1 heterocycles. The number of aromatic nitrogens is 2. The number of methoxy groups -OCH3 is 1. The standard InChI is InChI=1S/C13H16ClN3O2/c1-17(6-10(18)7-19-2)13-11-4-3-9(14)5-12(11)15-8-16-13/h3-5,8,10,18H,6-7H2,1-2H3. The van der Waals surface area contributed by atoms with Gasteiger partial charge in [0.15, 0.2) is 0 Å². The number of likely N-dealkylation sites (N-methyl/N-ethyl adjacent to an activating group) is 1. The summed E-state index contributed by atoms with van der Waals surface area (Å²) in [5, 5.41) is 11.3. The van der Waals surface area contributed by atoms with Crippen LogP contribution >= 0.6 is 11.6 Å². The molecule has 2 aromatic rings. The number of anilines is 1. The highest BCUT2D eigenvalue weighted by Crippen LogP contribution is 2.24. The molecule has 19 heavy (non-hydrogen) atoms. The molecule has 1 N–H and O–H groups in total. The van der Waals surface area contributed by atoms with Crippen LogP contribution in [0.25, 0.3) is 10.9 Å². The van der Waals surface area contributed by atoms with E-state index in [0.29, 0.717) is 18.2 Å². The second-order valence-electron chi connectivity index (χ2n) is 4.35. The van der Waals surface area contributed by atoms with E-state index >= 15 is 0 Å². The Labute approximate surface area is 116 Å². The first kappa shape index (κ1) is 14.0. The quantitative estimate of drug-likeness (QED) is 0.904. The summed E-state index contributed by atoms with van der Waals surface area (Å²) >= 11 is 5.95. The molecule has 1 unspecified atom stereocenters. The Kier molecular flexibility index (Phi) is 4.52. The van der Waals surface area contributed by atoms with Crippen molar-refractivity contribution in [3.8, 4) is 0 Å². The number of aliphatic hydroxyl groups is 1. The van der Waals surface area contributed by atoms with Gasteiger partial charge in [-0.15, -0.1) is 0 Å². The minimum atomic E-state index is -0.563. The van der Waals surface area contributed by atoms with E-state index in [1.54, 1.807) is 19.2 Å². The van der Waals surface area contributed by atoms with E-state index in [1.165, 1.54) is 6.33 Å². The van der Waals surface area contributed by atoms with E-state index in [0.717, 1.165) is 16.7 Å². The van der Waals surface area contributed by atoms with Crippen molar-refractivity contribution in [1.29, 1.82) is 0 Å². The Balaban J connectivity index is 2.29. The van der Waals surface area contributed by atoms with Gasteiger partial charge in [-0.2, -0.15) is 0 Å². The summed E-state index contributed by atoms with van der Waals surface area (Å²) < 4.78 is 4.92. The van der Waals surface area contributed by atoms with Crippen molar-refractivity contribution in [3.05, 3.63) is 29.5 Å². The van der Waals surface area contributed by atoms with Gasteiger partial charge in [-0.05, 0) is 18.2 Å². The molecule has 0 radical (unpaired) electrons. The van der Waals surface area contributed by atoms with E-state index in [-0.39, 0.29) is 0 Å². The summed E-state index contributed by atoms with van der Waals surface area (Å²) in [6, 6.07) is 5.48. The molecule has 0 saturated heterocycles. The molecular weight excluding hydrogens is 266 g/mol. The van der Waals surface area contributed by atoms with Gasteiger partial charge in [-0.25, -0.2) is 9.97 Å². The topological polar surface area (TPSA) is 58.5 Å². The van der Waals surface area contributed by atoms with E-state index in [1.807, 2.05) is 18.0 Å². The summed E-state index contributed by atoms with van der Waals surface area (Å²) in [5.41, 5.74) is 0.783. The zero-order chi connectivity index (χ0) is 13.8. The second kappa shape index (κ2) is 6.14. The lowest BCUT2D eigenvalue weighted by Gasteiger charge is -2.22. The van der Waals surface area contributed by atoms with Crippen LogP contribution in [-0.4, -0.2) is 48.5 Å². The van der Waals surface area contributed by atoms with Crippen molar-refractivity contribution < 1.29 is 9.84 Å². The average molecular weight is 282 g/mol. The molecule has 0 saturated carbocycles. The highest BCUT2D eigenvalue weighted by atomic mass is 35.5. The van der Waals surface area contributed by atoms with Crippen molar-refractivity contribution in [2.75, 3.05) is 32.2 Å². The van der Waals surface area contributed by atoms with Crippen molar-refractivity contribution in [3.63, 3.8) is 0 Å². The van der Waals surface area contributed by atoms with Crippen LogP contribution in [0.4, 0.5) is 5.82 Å². The van der Waals surface area contributed by atoms with Crippen molar-refractivity contribution in [2.24, 2.45) is 0 Å². The molecule has 1 atom stereocenters. The van der Waals surface area contributed by atoms with Gasteiger partial charge < -0.3 is 14.7 Å². The number of aliphatic hydroxyl groups excluding tert-OH is 1. The summed E-state index contributed by atoms with van der Waals surface area (Å²) in [6.07, 6.45) is 0.931.